The van der Waals surface area contributed by atoms with E-state index < -0.39 is 0 Å². The van der Waals surface area contributed by atoms with Gasteiger partial charge in [0.1, 0.15) is 5.69 Å². The van der Waals surface area contributed by atoms with Crippen LogP contribution in [0.25, 0.3) is 16.9 Å². The van der Waals surface area contributed by atoms with Crippen LogP contribution in [-0.4, -0.2) is 27.7 Å². The van der Waals surface area contributed by atoms with E-state index in [0.717, 1.165) is 30.0 Å². The summed E-state index contributed by atoms with van der Waals surface area (Å²) < 4.78 is 1.66. The second-order valence-corrected chi connectivity index (χ2v) is 4.86. The number of fused-ring (bicyclic) bond motifs is 1. The van der Waals surface area contributed by atoms with Gasteiger partial charge in [-0.1, -0.05) is 12.1 Å². The van der Waals surface area contributed by atoms with E-state index in [9.17, 15) is 0 Å². The first-order valence-electron chi connectivity index (χ1n) is 7.19. The van der Waals surface area contributed by atoms with Gasteiger partial charge in [0.25, 0.3) is 0 Å². The maximum Gasteiger partial charge on any atom is 0.156 e. The first kappa shape index (κ1) is 13.4. The number of hydrogen-bond donors (Lipinski definition) is 1. The SMILES string of the molecule is CCN(CC)c1ccc(-c2nc3cccnn3c2N)cc1. The molecule has 3 rings (SSSR count). The third-order valence-electron chi connectivity index (χ3n) is 3.70. The van der Waals surface area contributed by atoms with Crippen LogP contribution < -0.4 is 10.6 Å². The van der Waals surface area contributed by atoms with Crippen molar-refractivity contribution in [2.45, 2.75) is 13.8 Å². The quantitative estimate of drug-likeness (QED) is 0.799. The summed E-state index contributed by atoms with van der Waals surface area (Å²) in [6.07, 6.45) is 1.71. The van der Waals surface area contributed by atoms with Gasteiger partial charge in [0.05, 0.1) is 0 Å². The fourth-order valence-electron chi connectivity index (χ4n) is 2.54. The highest BCUT2D eigenvalue weighted by Gasteiger charge is 2.12. The van der Waals surface area contributed by atoms with Gasteiger partial charge < -0.3 is 10.6 Å². The molecule has 0 aliphatic rings. The van der Waals surface area contributed by atoms with Crippen molar-refractivity contribution in [1.29, 1.82) is 0 Å². The Bertz CT molecular complexity index is 741. The summed E-state index contributed by atoms with van der Waals surface area (Å²) in [6, 6.07) is 12.1. The molecule has 0 amide bonds. The Balaban J connectivity index is 2.01. The number of imidazole rings is 1. The Labute approximate surface area is 124 Å². The third kappa shape index (κ3) is 2.31. The second-order valence-electron chi connectivity index (χ2n) is 4.86. The molecule has 0 aliphatic heterocycles. The van der Waals surface area contributed by atoms with E-state index in [1.807, 2.05) is 12.1 Å². The van der Waals surface area contributed by atoms with Crippen LogP contribution in [0.5, 0.6) is 0 Å². The number of nitrogens with two attached hydrogens (primary N) is 1. The molecule has 108 valence electrons. The predicted molar refractivity (Wildman–Crippen MR) is 86.4 cm³/mol. The maximum absolute atomic E-state index is 6.15. The highest BCUT2D eigenvalue weighted by Crippen LogP contribution is 2.27. The third-order valence-corrected chi connectivity index (χ3v) is 3.70. The molecule has 2 heterocycles. The number of rotatable bonds is 4. The average Bonchev–Trinajstić information content (AvgIpc) is 2.87. The number of aromatic nitrogens is 3. The number of benzene rings is 1. The normalized spacial score (nSPS) is 11.0. The Morgan fingerprint density at radius 1 is 1.10 bits per heavy atom. The van der Waals surface area contributed by atoms with Gasteiger partial charge in [-0.25, -0.2) is 4.98 Å². The van der Waals surface area contributed by atoms with Crippen LogP contribution in [0.15, 0.2) is 42.6 Å². The first-order valence-corrected chi connectivity index (χ1v) is 7.19. The lowest BCUT2D eigenvalue weighted by Gasteiger charge is -2.21. The van der Waals surface area contributed by atoms with Gasteiger partial charge in [-0.05, 0) is 38.1 Å². The van der Waals surface area contributed by atoms with E-state index in [1.165, 1.54) is 5.69 Å². The van der Waals surface area contributed by atoms with Crippen molar-refractivity contribution in [2.24, 2.45) is 0 Å². The summed E-state index contributed by atoms with van der Waals surface area (Å²) in [5.41, 5.74) is 9.91. The number of anilines is 2. The largest absolute Gasteiger partial charge is 0.382 e. The van der Waals surface area contributed by atoms with Crippen LogP contribution >= 0.6 is 0 Å². The molecule has 0 atom stereocenters. The lowest BCUT2D eigenvalue weighted by molar-refractivity contribution is 0.866. The standard InChI is InChI=1S/C16H19N5/c1-3-20(4-2)13-9-7-12(8-10-13)15-16(17)21-14(19-15)6-5-11-18-21/h5-11H,3-4,17H2,1-2H3. The minimum absolute atomic E-state index is 0.571. The minimum Gasteiger partial charge on any atom is -0.382 e. The first-order chi connectivity index (χ1) is 10.2. The number of nitrogen functional groups attached to an aromatic ring is 1. The average molecular weight is 281 g/mol. The van der Waals surface area contributed by atoms with Gasteiger partial charge in [-0.15, -0.1) is 0 Å². The van der Waals surface area contributed by atoms with Crippen molar-refractivity contribution in [3.63, 3.8) is 0 Å². The van der Waals surface area contributed by atoms with E-state index in [-0.39, 0.29) is 0 Å². The van der Waals surface area contributed by atoms with Crippen LogP contribution in [0.3, 0.4) is 0 Å². The van der Waals surface area contributed by atoms with Crippen molar-refractivity contribution in [3.8, 4) is 11.3 Å². The van der Waals surface area contributed by atoms with Gasteiger partial charge in [-0.3, -0.25) is 0 Å². The lowest BCUT2D eigenvalue weighted by atomic mass is 10.1. The zero-order valence-corrected chi connectivity index (χ0v) is 12.3. The molecule has 0 saturated heterocycles. The summed E-state index contributed by atoms with van der Waals surface area (Å²) in [6.45, 7) is 6.30. The monoisotopic (exact) mass is 281 g/mol. The van der Waals surface area contributed by atoms with Crippen LogP contribution in [0.2, 0.25) is 0 Å². The molecule has 0 saturated carbocycles. The van der Waals surface area contributed by atoms with Crippen LogP contribution in [0.4, 0.5) is 11.5 Å². The van der Waals surface area contributed by atoms with Gasteiger partial charge in [0.2, 0.25) is 0 Å². The van der Waals surface area contributed by atoms with Crippen LogP contribution in [-0.2, 0) is 0 Å². The Morgan fingerprint density at radius 2 is 1.81 bits per heavy atom. The summed E-state index contributed by atoms with van der Waals surface area (Å²) >= 11 is 0. The molecule has 5 nitrogen and oxygen atoms in total. The lowest BCUT2D eigenvalue weighted by Crippen LogP contribution is -2.21. The molecule has 2 N–H and O–H groups in total. The van der Waals surface area contributed by atoms with Gasteiger partial charge in [0.15, 0.2) is 11.5 Å². The van der Waals surface area contributed by atoms with Crippen LogP contribution in [0.1, 0.15) is 13.8 Å². The molecule has 3 aromatic rings. The molecule has 0 bridgehead atoms. The Kier molecular flexibility index (Phi) is 3.48. The summed E-state index contributed by atoms with van der Waals surface area (Å²) in [7, 11) is 0. The van der Waals surface area contributed by atoms with E-state index in [0.29, 0.717) is 5.82 Å². The fourth-order valence-corrected chi connectivity index (χ4v) is 2.54. The molecular weight excluding hydrogens is 262 g/mol. The van der Waals surface area contributed by atoms with Crippen LogP contribution in [0, 0.1) is 0 Å². The highest BCUT2D eigenvalue weighted by atomic mass is 15.3. The minimum atomic E-state index is 0.571. The highest BCUT2D eigenvalue weighted by molar-refractivity contribution is 5.75. The fraction of sp³-hybridized carbons (Fsp3) is 0.250. The topological polar surface area (TPSA) is 59.5 Å². The Hall–Kier alpha value is -2.56. The van der Waals surface area contributed by atoms with Crippen molar-refractivity contribution < 1.29 is 0 Å². The molecule has 0 spiro atoms. The van der Waals surface area contributed by atoms with E-state index in [2.05, 4.69) is 53.1 Å². The zero-order chi connectivity index (χ0) is 14.8. The number of nitrogens with zero attached hydrogens (tertiary/aromatic N) is 4. The van der Waals surface area contributed by atoms with Gasteiger partial charge >= 0.3 is 0 Å². The number of hydrogen-bond acceptors (Lipinski definition) is 4. The van der Waals surface area contributed by atoms with Gasteiger partial charge in [-0.2, -0.15) is 9.61 Å². The second kappa shape index (κ2) is 5.44. The van der Waals surface area contributed by atoms with E-state index >= 15 is 0 Å². The maximum atomic E-state index is 6.15. The van der Waals surface area contributed by atoms with Crippen molar-refractivity contribution in [3.05, 3.63) is 42.6 Å². The van der Waals surface area contributed by atoms with Crippen molar-refractivity contribution >= 4 is 17.2 Å². The predicted octanol–water partition coefficient (Wildman–Crippen LogP) is 2.82. The zero-order valence-electron chi connectivity index (χ0n) is 12.3. The molecule has 0 unspecified atom stereocenters. The van der Waals surface area contributed by atoms with Crippen molar-refractivity contribution in [1.82, 2.24) is 14.6 Å². The molecule has 1 aromatic carbocycles. The molecular formula is C16H19N5. The molecule has 0 radical (unpaired) electrons. The molecule has 0 aliphatic carbocycles. The van der Waals surface area contributed by atoms with Gasteiger partial charge in [0, 0.05) is 30.5 Å². The smallest absolute Gasteiger partial charge is 0.156 e. The Morgan fingerprint density at radius 3 is 2.43 bits per heavy atom. The summed E-state index contributed by atoms with van der Waals surface area (Å²) in [5, 5.41) is 4.22. The molecule has 5 heteroatoms. The summed E-state index contributed by atoms with van der Waals surface area (Å²) in [4.78, 5) is 6.86. The molecule has 0 fully saturated rings. The molecule has 2 aromatic heterocycles. The summed E-state index contributed by atoms with van der Waals surface area (Å²) in [5.74, 6) is 0.571. The van der Waals surface area contributed by atoms with E-state index in [1.54, 1.807) is 10.7 Å². The van der Waals surface area contributed by atoms with E-state index in [4.69, 9.17) is 5.73 Å². The molecule has 21 heavy (non-hydrogen) atoms. The van der Waals surface area contributed by atoms with Crippen molar-refractivity contribution in [2.75, 3.05) is 23.7 Å².